The highest BCUT2D eigenvalue weighted by molar-refractivity contribution is 5.99. The molecule has 1 aliphatic heterocycles. The highest BCUT2D eigenvalue weighted by Crippen LogP contribution is 2.15. The van der Waals surface area contributed by atoms with Crippen LogP contribution in [0.2, 0.25) is 0 Å². The third-order valence-electron chi connectivity index (χ3n) is 5.36. The van der Waals surface area contributed by atoms with Crippen molar-refractivity contribution in [3.05, 3.63) is 70.3 Å². The number of likely N-dealkylation sites (tertiary alicyclic amines) is 1. The van der Waals surface area contributed by atoms with E-state index < -0.39 is 0 Å². The molecule has 1 aliphatic rings. The van der Waals surface area contributed by atoms with Gasteiger partial charge in [0.05, 0.1) is 0 Å². The van der Waals surface area contributed by atoms with E-state index in [9.17, 15) is 14.4 Å². The van der Waals surface area contributed by atoms with Crippen molar-refractivity contribution in [2.45, 2.75) is 46.1 Å². The van der Waals surface area contributed by atoms with Crippen molar-refractivity contribution >= 4 is 17.6 Å². The number of benzene rings is 2. The molecule has 2 amide bonds. The molecule has 29 heavy (non-hydrogen) atoms. The van der Waals surface area contributed by atoms with Gasteiger partial charge in [0.1, 0.15) is 0 Å². The maximum absolute atomic E-state index is 12.4. The minimum absolute atomic E-state index is 0.00821. The van der Waals surface area contributed by atoms with E-state index in [4.69, 9.17) is 0 Å². The van der Waals surface area contributed by atoms with Crippen LogP contribution in [-0.4, -0.2) is 35.6 Å². The molecular formula is C24H28N2O3. The molecule has 2 aromatic rings. The molecule has 5 nitrogen and oxygen atoms in total. The molecule has 1 fully saturated rings. The molecule has 0 spiro atoms. The van der Waals surface area contributed by atoms with Crippen LogP contribution in [0.5, 0.6) is 0 Å². The zero-order chi connectivity index (χ0) is 20.8. The second-order valence-corrected chi connectivity index (χ2v) is 7.71. The SMILES string of the molecule is Cc1ccc(C)c(C(=O)CCC(=O)NCc2ccc(C(=O)N3CCCC3)cc2)c1. The Morgan fingerprint density at radius 1 is 0.931 bits per heavy atom. The number of carbonyl (C=O) groups excluding carboxylic acids is 3. The summed E-state index contributed by atoms with van der Waals surface area (Å²) in [7, 11) is 0. The van der Waals surface area contributed by atoms with Crippen LogP contribution in [0, 0.1) is 13.8 Å². The van der Waals surface area contributed by atoms with Gasteiger partial charge in [-0.2, -0.15) is 0 Å². The topological polar surface area (TPSA) is 66.5 Å². The van der Waals surface area contributed by atoms with Gasteiger partial charge in [0.2, 0.25) is 5.91 Å². The Bertz CT molecular complexity index is 897. The molecule has 0 atom stereocenters. The normalized spacial score (nSPS) is 13.4. The Morgan fingerprint density at radius 3 is 2.31 bits per heavy atom. The molecule has 152 valence electrons. The first-order valence-corrected chi connectivity index (χ1v) is 10.2. The number of amides is 2. The lowest BCUT2D eigenvalue weighted by molar-refractivity contribution is -0.121. The molecule has 5 heteroatoms. The summed E-state index contributed by atoms with van der Waals surface area (Å²) in [5, 5.41) is 2.85. The molecule has 3 rings (SSSR count). The summed E-state index contributed by atoms with van der Waals surface area (Å²) in [6, 6.07) is 13.1. The fourth-order valence-electron chi connectivity index (χ4n) is 3.55. The number of aryl methyl sites for hydroxylation is 2. The first-order chi connectivity index (χ1) is 13.9. The van der Waals surface area contributed by atoms with E-state index >= 15 is 0 Å². The van der Waals surface area contributed by atoms with Crippen molar-refractivity contribution < 1.29 is 14.4 Å². The Balaban J connectivity index is 1.46. The van der Waals surface area contributed by atoms with E-state index in [-0.39, 0.29) is 30.4 Å². The van der Waals surface area contributed by atoms with Gasteiger partial charge >= 0.3 is 0 Å². The molecular weight excluding hydrogens is 364 g/mol. The minimum Gasteiger partial charge on any atom is -0.352 e. The number of nitrogens with one attached hydrogen (secondary N) is 1. The van der Waals surface area contributed by atoms with Gasteiger partial charge in [-0.1, -0.05) is 29.8 Å². The zero-order valence-corrected chi connectivity index (χ0v) is 17.2. The molecule has 0 radical (unpaired) electrons. The largest absolute Gasteiger partial charge is 0.352 e. The van der Waals surface area contributed by atoms with Crippen molar-refractivity contribution in [3.8, 4) is 0 Å². The predicted molar refractivity (Wildman–Crippen MR) is 113 cm³/mol. The van der Waals surface area contributed by atoms with E-state index in [0.717, 1.165) is 42.6 Å². The number of carbonyl (C=O) groups is 3. The zero-order valence-electron chi connectivity index (χ0n) is 17.2. The summed E-state index contributed by atoms with van der Waals surface area (Å²) in [5.74, 6) is -0.0879. The number of nitrogens with zero attached hydrogens (tertiary/aromatic N) is 1. The Hall–Kier alpha value is -2.95. The molecule has 0 saturated carbocycles. The summed E-state index contributed by atoms with van der Waals surface area (Å²) >= 11 is 0. The number of rotatable bonds is 7. The number of ketones is 1. The Kier molecular flexibility index (Phi) is 6.81. The lowest BCUT2D eigenvalue weighted by atomic mass is 9.99. The van der Waals surface area contributed by atoms with Crippen LogP contribution in [-0.2, 0) is 11.3 Å². The predicted octanol–water partition coefficient (Wildman–Crippen LogP) is 3.82. The van der Waals surface area contributed by atoms with Crippen LogP contribution in [0.15, 0.2) is 42.5 Å². The maximum atomic E-state index is 12.4. The highest BCUT2D eigenvalue weighted by atomic mass is 16.2. The van der Waals surface area contributed by atoms with Crippen molar-refractivity contribution in [2.24, 2.45) is 0 Å². The third-order valence-corrected chi connectivity index (χ3v) is 5.36. The first kappa shape index (κ1) is 20.8. The van der Waals surface area contributed by atoms with Gasteiger partial charge in [-0.15, -0.1) is 0 Å². The van der Waals surface area contributed by atoms with E-state index in [2.05, 4.69) is 5.32 Å². The molecule has 1 heterocycles. The Morgan fingerprint density at radius 2 is 1.62 bits per heavy atom. The average molecular weight is 392 g/mol. The van der Waals surface area contributed by atoms with Crippen molar-refractivity contribution in [1.82, 2.24) is 10.2 Å². The van der Waals surface area contributed by atoms with Gasteiger partial charge in [-0.3, -0.25) is 14.4 Å². The van der Waals surface area contributed by atoms with Crippen LogP contribution in [0.3, 0.4) is 0 Å². The van der Waals surface area contributed by atoms with Crippen LogP contribution < -0.4 is 5.32 Å². The number of hydrogen-bond acceptors (Lipinski definition) is 3. The lowest BCUT2D eigenvalue weighted by Crippen LogP contribution is -2.27. The fourth-order valence-corrected chi connectivity index (χ4v) is 3.55. The lowest BCUT2D eigenvalue weighted by Gasteiger charge is -2.15. The number of hydrogen-bond donors (Lipinski definition) is 1. The van der Waals surface area contributed by atoms with E-state index in [1.165, 1.54) is 0 Å². The van der Waals surface area contributed by atoms with Crippen molar-refractivity contribution in [1.29, 1.82) is 0 Å². The smallest absolute Gasteiger partial charge is 0.253 e. The molecule has 0 aromatic heterocycles. The number of Topliss-reactive ketones (excluding diaryl/α,β-unsaturated/α-hetero) is 1. The van der Waals surface area contributed by atoms with E-state index in [0.29, 0.717) is 17.7 Å². The van der Waals surface area contributed by atoms with Gasteiger partial charge < -0.3 is 10.2 Å². The molecule has 0 unspecified atom stereocenters. The quantitative estimate of drug-likeness (QED) is 0.729. The molecule has 1 saturated heterocycles. The summed E-state index contributed by atoms with van der Waals surface area (Å²) in [6.45, 7) is 5.90. The van der Waals surface area contributed by atoms with Crippen molar-refractivity contribution in [2.75, 3.05) is 13.1 Å². The third kappa shape index (κ3) is 5.53. The van der Waals surface area contributed by atoms with Gasteiger partial charge in [0.25, 0.3) is 5.91 Å². The van der Waals surface area contributed by atoms with Gasteiger partial charge in [-0.25, -0.2) is 0 Å². The van der Waals surface area contributed by atoms with Crippen LogP contribution >= 0.6 is 0 Å². The second-order valence-electron chi connectivity index (χ2n) is 7.71. The molecule has 2 aromatic carbocycles. The summed E-state index contributed by atoms with van der Waals surface area (Å²) in [5.41, 5.74) is 4.27. The molecule has 0 aliphatic carbocycles. The monoisotopic (exact) mass is 392 g/mol. The highest BCUT2D eigenvalue weighted by Gasteiger charge is 2.19. The van der Waals surface area contributed by atoms with E-state index in [1.807, 2.05) is 61.2 Å². The summed E-state index contributed by atoms with van der Waals surface area (Å²) in [4.78, 5) is 38.8. The van der Waals surface area contributed by atoms with Crippen molar-refractivity contribution in [3.63, 3.8) is 0 Å². The molecule has 1 N–H and O–H groups in total. The standard InChI is InChI=1S/C24H28N2O3/c1-17-5-6-18(2)21(15-17)22(27)11-12-23(28)25-16-19-7-9-20(10-8-19)24(29)26-13-3-4-14-26/h5-10,15H,3-4,11-14,16H2,1-2H3,(H,25,28). The van der Waals surface area contributed by atoms with E-state index in [1.54, 1.807) is 0 Å². The minimum atomic E-state index is -0.152. The Labute approximate surface area is 172 Å². The summed E-state index contributed by atoms with van der Waals surface area (Å²) in [6.07, 6.45) is 2.50. The molecule has 0 bridgehead atoms. The van der Waals surface area contributed by atoms with Crippen LogP contribution in [0.4, 0.5) is 0 Å². The van der Waals surface area contributed by atoms with Gasteiger partial charge in [0, 0.05) is 43.6 Å². The van der Waals surface area contributed by atoms with Crippen LogP contribution in [0.1, 0.15) is 63.1 Å². The maximum Gasteiger partial charge on any atom is 0.253 e. The summed E-state index contributed by atoms with van der Waals surface area (Å²) < 4.78 is 0. The van der Waals surface area contributed by atoms with Crippen LogP contribution in [0.25, 0.3) is 0 Å². The van der Waals surface area contributed by atoms with Gasteiger partial charge in [0.15, 0.2) is 5.78 Å². The fraction of sp³-hybridized carbons (Fsp3) is 0.375. The average Bonchev–Trinajstić information content (AvgIpc) is 3.27. The first-order valence-electron chi connectivity index (χ1n) is 10.2. The van der Waals surface area contributed by atoms with Gasteiger partial charge in [-0.05, 0) is 56.0 Å². The second kappa shape index (κ2) is 9.50.